The molecule has 1 unspecified atom stereocenters. The van der Waals surface area contributed by atoms with E-state index in [-0.39, 0.29) is 19.8 Å². The van der Waals surface area contributed by atoms with E-state index in [4.69, 9.17) is 18.5 Å². The van der Waals surface area contributed by atoms with Crippen LogP contribution in [0.2, 0.25) is 0 Å². The number of allylic oxidation sites excluding steroid dienone is 7. The van der Waals surface area contributed by atoms with Gasteiger partial charge in [0, 0.05) is 13.7 Å². The lowest BCUT2D eigenvalue weighted by atomic mass is 10.1. The summed E-state index contributed by atoms with van der Waals surface area (Å²) in [6.45, 7) is 1.43. The Kier molecular flexibility index (Phi) is 18.9. The minimum Gasteiger partial charge on any atom is -0.756 e. The molecule has 0 heterocycles. The van der Waals surface area contributed by atoms with Crippen molar-refractivity contribution in [3.8, 4) is 0 Å². The van der Waals surface area contributed by atoms with Crippen LogP contribution in [0.25, 0.3) is 6.08 Å². The second kappa shape index (κ2) is 21.0. The van der Waals surface area contributed by atoms with Crippen LogP contribution in [-0.2, 0) is 23.1 Å². The molecule has 38 heavy (non-hydrogen) atoms. The molecule has 2 atom stereocenters. The van der Waals surface area contributed by atoms with Gasteiger partial charge < -0.3 is 27.9 Å². The number of hydrogen-bond acceptors (Lipinski definition) is 6. The Balaban J connectivity index is 1.99. The Morgan fingerprint density at radius 1 is 0.842 bits per heavy atom. The number of unbranched alkanes of at least 4 members (excludes halogenated alkanes) is 5. The molecular weight excluding hydrogens is 501 g/mol. The van der Waals surface area contributed by atoms with Crippen molar-refractivity contribution in [3.63, 3.8) is 0 Å². The highest BCUT2D eigenvalue weighted by atomic mass is 31.2. The van der Waals surface area contributed by atoms with E-state index in [1.165, 1.54) is 31.9 Å². The van der Waals surface area contributed by atoms with Crippen LogP contribution in [0.3, 0.4) is 0 Å². The number of ether oxygens (including phenoxy) is 2. The van der Waals surface area contributed by atoms with Crippen molar-refractivity contribution in [2.24, 2.45) is 0 Å². The summed E-state index contributed by atoms with van der Waals surface area (Å²) in [4.78, 5) is 11.9. The number of hydrogen-bond donors (Lipinski definition) is 0. The molecule has 0 saturated heterocycles. The molecule has 0 N–H and O–H groups in total. The Morgan fingerprint density at radius 3 is 2.21 bits per heavy atom. The SMILES string of the molecule is CO[C@H](COCCCCCCC/C=C/C=C/C=C/C=C/c1ccccc1)COP(=O)([O-])OCC[N+](C)(C)C. The third-order valence-electron chi connectivity index (χ3n) is 5.51. The maximum absolute atomic E-state index is 11.9. The zero-order chi connectivity index (χ0) is 28.0. The highest BCUT2D eigenvalue weighted by molar-refractivity contribution is 7.45. The molecule has 7 nitrogen and oxygen atoms in total. The van der Waals surface area contributed by atoms with Crippen LogP contribution >= 0.6 is 7.82 Å². The van der Waals surface area contributed by atoms with Gasteiger partial charge in [-0.25, -0.2) is 0 Å². The summed E-state index contributed by atoms with van der Waals surface area (Å²) >= 11 is 0. The predicted molar refractivity (Wildman–Crippen MR) is 155 cm³/mol. The molecule has 0 saturated carbocycles. The van der Waals surface area contributed by atoms with E-state index >= 15 is 0 Å². The van der Waals surface area contributed by atoms with Crippen molar-refractivity contribution >= 4 is 13.9 Å². The van der Waals surface area contributed by atoms with Crippen molar-refractivity contribution in [2.75, 3.05) is 61.2 Å². The molecule has 214 valence electrons. The first-order chi connectivity index (χ1) is 18.2. The first-order valence-corrected chi connectivity index (χ1v) is 14.9. The molecule has 1 aromatic carbocycles. The summed E-state index contributed by atoms with van der Waals surface area (Å²) < 4.78 is 33.2. The number of nitrogens with zero attached hydrogens (tertiary/aromatic N) is 1. The first kappa shape index (κ1) is 34.2. The number of phosphoric acid groups is 1. The summed E-state index contributed by atoms with van der Waals surface area (Å²) in [5.74, 6) is 0. The fourth-order valence-electron chi connectivity index (χ4n) is 3.20. The van der Waals surface area contributed by atoms with E-state index < -0.39 is 13.9 Å². The molecule has 0 fully saturated rings. The van der Waals surface area contributed by atoms with Gasteiger partial charge in [0.05, 0.1) is 34.4 Å². The molecule has 1 rings (SSSR count). The second-order valence-corrected chi connectivity index (χ2v) is 11.5. The number of quaternary nitrogens is 1. The third-order valence-corrected chi connectivity index (χ3v) is 6.47. The fraction of sp³-hybridized carbons (Fsp3) is 0.533. The van der Waals surface area contributed by atoms with E-state index in [0.717, 1.165) is 19.3 Å². The Hall–Kier alpha value is -1.83. The average molecular weight is 550 g/mol. The van der Waals surface area contributed by atoms with E-state index in [9.17, 15) is 9.46 Å². The smallest absolute Gasteiger partial charge is 0.268 e. The van der Waals surface area contributed by atoms with Crippen molar-refractivity contribution in [2.45, 2.75) is 44.6 Å². The lowest BCUT2D eigenvalue weighted by molar-refractivity contribution is -0.870. The van der Waals surface area contributed by atoms with Crippen LogP contribution in [0.5, 0.6) is 0 Å². The number of benzene rings is 1. The molecule has 0 aromatic heterocycles. The van der Waals surface area contributed by atoms with E-state index in [2.05, 4.69) is 36.4 Å². The highest BCUT2D eigenvalue weighted by Crippen LogP contribution is 2.38. The normalized spacial score (nSPS) is 15.3. The molecule has 0 spiro atoms. The predicted octanol–water partition coefficient (Wildman–Crippen LogP) is 5.95. The van der Waals surface area contributed by atoms with Gasteiger partial charge in [-0.2, -0.15) is 0 Å². The van der Waals surface area contributed by atoms with Crippen LogP contribution < -0.4 is 4.89 Å². The Labute approximate surface area is 230 Å². The van der Waals surface area contributed by atoms with Gasteiger partial charge in [-0.05, 0) is 24.8 Å². The lowest BCUT2D eigenvalue weighted by Gasteiger charge is -2.28. The molecule has 0 aliphatic carbocycles. The quantitative estimate of drug-likeness (QED) is 0.0770. The fourth-order valence-corrected chi connectivity index (χ4v) is 3.92. The number of methoxy groups -OCH3 is 1. The standard InChI is InChI=1S/C30H48NO6P/c1-31(2,3)24-26-36-38(32,33)37-28-30(34-4)27-35-25-20-15-13-11-9-7-5-6-8-10-12-14-17-21-29-22-18-16-19-23-29/h5-6,8,10,12,14,16-19,21-23,30H,7,9,11,13,15,20,24-28H2,1-4H3/b6-5+,10-8+,14-12+,21-17+/t30-/m1/s1. The van der Waals surface area contributed by atoms with E-state index in [1.54, 1.807) is 0 Å². The summed E-state index contributed by atoms with van der Waals surface area (Å²) in [5.41, 5.74) is 1.20. The molecular formula is C30H48NO6P. The lowest BCUT2D eigenvalue weighted by Crippen LogP contribution is -2.37. The summed E-state index contributed by atoms with van der Waals surface area (Å²) in [7, 11) is 3.05. The van der Waals surface area contributed by atoms with Crippen molar-refractivity contribution in [3.05, 3.63) is 78.4 Å². The van der Waals surface area contributed by atoms with Gasteiger partial charge in [0.1, 0.15) is 19.3 Å². The second-order valence-electron chi connectivity index (χ2n) is 10.0. The molecule has 0 radical (unpaired) electrons. The minimum absolute atomic E-state index is 0.0806. The van der Waals surface area contributed by atoms with Crippen LogP contribution in [0, 0.1) is 0 Å². The minimum atomic E-state index is -4.34. The Morgan fingerprint density at radius 2 is 1.50 bits per heavy atom. The highest BCUT2D eigenvalue weighted by Gasteiger charge is 2.16. The van der Waals surface area contributed by atoms with Gasteiger partial charge >= 0.3 is 0 Å². The summed E-state index contributed by atoms with van der Waals surface area (Å²) in [6, 6.07) is 10.2. The molecule has 0 aliphatic heterocycles. The maximum atomic E-state index is 11.9. The monoisotopic (exact) mass is 549 g/mol. The molecule has 0 bridgehead atoms. The Bertz CT molecular complexity index is 876. The van der Waals surface area contributed by atoms with Crippen LogP contribution in [0.4, 0.5) is 0 Å². The van der Waals surface area contributed by atoms with Crippen LogP contribution in [0.15, 0.2) is 72.9 Å². The molecule has 1 aromatic rings. The van der Waals surface area contributed by atoms with Gasteiger partial charge in [-0.1, -0.05) is 98.2 Å². The van der Waals surface area contributed by atoms with E-state index in [1.807, 2.05) is 63.6 Å². The molecule has 0 amide bonds. The van der Waals surface area contributed by atoms with Gasteiger partial charge in [0.25, 0.3) is 7.82 Å². The van der Waals surface area contributed by atoms with Gasteiger partial charge in [-0.15, -0.1) is 0 Å². The molecule has 0 aliphatic rings. The summed E-state index contributed by atoms with van der Waals surface area (Å²) in [6.07, 6.45) is 22.8. The third kappa shape index (κ3) is 21.1. The maximum Gasteiger partial charge on any atom is 0.268 e. The largest absolute Gasteiger partial charge is 0.756 e. The van der Waals surface area contributed by atoms with Crippen molar-refractivity contribution in [1.29, 1.82) is 0 Å². The van der Waals surface area contributed by atoms with Crippen molar-refractivity contribution in [1.82, 2.24) is 0 Å². The van der Waals surface area contributed by atoms with Crippen LogP contribution in [-0.4, -0.2) is 71.8 Å². The first-order valence-electron chi connectivity index (χ1n) is 13.4. The average Bonchev–Trinajstić information content (AvgIpc) is 2.87. The molecule has 8 heteroatoms. The zero-order valence-electron chi connectivity index (χ0n) is 23.7. The topological polar surface area (TPSA) is 77.1 Å². The number of rotatable bonds is 22. The zero-order valence-corrected chi connectivity index (χ0v) is 24.6. The van der Waals surface area contributed by atoms with Crippen molar-refractivity contribution < 1.29 is 32.5 Å². The van der Waals surface area contributed by atoms with Gasteiger partial charge in [0.15, 0.2) is 0 Å². The number of phosphoric ester groups is 1. The van der Waals surface area contributed by atoms with Gasteiger partial charge in [-0.3, -0.25) is 4.57 Å². The number of likely N-dealkylation sites (N-methyl/N-ethyl adjacent to an activating group) is 1. The van der Waals surface area contributed by atoms with Crippen LogP contribution in [0.1, 0.15) is 44.1 Å². The van der Waals surface area contributed by atoms with Gasteiger partial charge in [0.2, 0.25) is 0 Å². The summed E-state index contributed by atoms with van der Waals surface area (Å²) in [5, 5.41) is 0. The van der Waals surface area contributed by atoms with E-state index in [0.29, 0.717) is 17.6 Å².